The lowest BCUT2D eigenvalue weighted by Gasteiger charge is -2.35. The van der Waals surface area contributed by atoms with Crippen LogP contribution in [0, 0.1) is 0 Å². The first-order valence-electron chi connectivity index (χ1n) is 4.71. The summed E-state index contributed by atoms with van der Waals surface area (Å²) in [5.41, 5.74) is 0. The average molecular weight is 156 g/mol. The molecule has 1 saturated heterocycles. The van der Waals surface area contributed by atoms with E-state index in [1.165, 1.54) is 19.5 Å². The van der Waals surface area contributed by atoms with Crippen LogP contribution in [0.2, 0.25) is 0 Å². The maximum atomic E-state index is 3.45. The third-order valence-corrected chi connectivity index (χ3v) is 2.61. The van der Waals surface area contributed by atoms with Crippen molar-refractivity contribution in [2.45, 2.75) is 39.3 Å². The minimum atomic E-state index is 0.678. The summed E-state index contributed by atoms with van der Waals surface area (Å²) < 4.78 is 0. The molecule has 0 amide bonds. The van der Waals surface area contributed by atoms with E-state index in [9.17, 15) is 0 Å². The Morgan fingerprint density at radius 3 is 2.91 bits per heavy atom. The summed E-state index contributed by atoms with van der Waals surface area (Å²) >= 11 is 0. The van der Waals surface area contributed by atoms with Crippen molar-refractivity contribution in [3.63, 3.8) is 0 Å². The largest absolute Gasteiger partial charge is 0.312 e. The number of hydrogen-bond acceptors (Lipinski definition) is 2. The molecule has 1 fully saturated rings. The van der Waals surface area contributed by atoms with Crippen molar-refractivity contribution in [3.8, 4) is 0 Å². The van der Waals surface area contributed by atoms with Crippen LogP contribution in [-0.4, -0.2) is 36.6 Å². The van der Waals surface area contributed by atoms with Crippen LogP contribution in [-0.2, 0) is 0 Å². The van der Waals surface area contributed by atoms with Crippen molar-refractivity contribution in [1.29, 1.82) is 0 Å². The summed E-state index contributed by atoms with van der Waals surface area (Å²) in [5, 5.41) is 3.45. The van der Waals surface area contributed by atoms with Gasteiger partial charge in [0.2, 0.25) is 0 Å². The molecule has 0 aromatic heterocycles. The zero-order chi connectivity index (χ0) is 8.27. The Labute approximate surface area is 70.0 Å². The fourth-order valence-electron chi connectivity index (χ4n) is 1.62. The Kier molecular flexibility index (Phi) is 3.34. The van der Waals surface area contributed by atoms with Gasteiger partial charge in [0.25, 0.3) is 0 Å². The fraction of sp³-hybridized carbons (Fsp3) is 1.00. The molecule has 66 valence electrons. The molecular weight excluding hydrogens is 136 g/mol. The molecule has 11 heavy (non-hydrogen) atoms. The van der Waals surface area contributed by atoms with Gasteiger partial charge in [-0.1, -0.05) is 6.92 Å². The number of rotatable bonds is 2. The smallest absolute Gasteiger partial charge is 0.0167 e. The fourth-order valence-corrected chi connectivity index (χ4v) is 1.62. The zero-order valence-corrected chi connectivity index (χ0v) is 7.93. The molecule has 0 saturated carbocycles. The number of hydrogen-bond donors (Lipinski definition) is 1. The van der Waals surface area contributed by atoms with Crippen LogP contribution in [0.3, 0.4) is 0 Å². The lowest BCUT2D eigenvalue weighted by Crippen LogP contribution is -2.51. The summed E-state index contributed by atoms with van der Waals surface area (Å²) in [6.45, 7) is 10.4. The summed E-state index contributed by atoms with van der Waals surface area (Å²) in [7, 11) is 0. The highest BCUT2D eigenvalue weighted by atomic mass is 15.2. The van der Waals surface area contributed by atoms with Gasteiger partial charge in [0.05, 0.1) is 0 Å². The number of nitrogens with one attached hydrogen (secondary N) is 1. The second kappa shape index (κ2) is 4.07. The van der Waals surface area contributed by atoms with Gasteiger partial charge in [-0.2, -0.15) is 0 Å². The van der Waals surface area contributed by atoms with E-state index in [1.54, 1.807) is 0 Å². The number of piperazine rings is 1. The molecule has 0 aromatic rings. The monoisotopic (exact) mass is 156 g/mol. The van der Waals surface area contributed by atoms with E-state index in [0.29, 0.717) is 6.04 Å². The molecule has 0 aromatic carbocycles. The molecule has 2 nitrogen and oxygen atoms in total. The third-order valence-electron chi connectivity index (χ3n) is 2.61. The van der Waals surface area contributed by atoms with Gasteiger partial charge in [0.15, 0.2) is 0 Å². The molecule has 2 atom stereocenters. The van der Waals surface area contributed by atoms with Gasteiger partial charge in [0.1, 0.15) is 0 Å². The molecule has 1 rings (SSSR count). The highest BCUT2D eigenvalue weighted by Crippen LogP contribution is 2.06. The first kappa shape index (κ1) is 9.01. The van der Waals surface area contributed by atoms with E-state index in [-0.39, 0.29) is 0 Å². The van der Waals surface area contributed by atoms with E-state index in [2.05, 4.69) is 31.0 Å². The normalized spacial score (nSPS) is 30.3. The summed E-state index contributed by atoms with van der Waals surface area (Å²) in [4.78, 5) is 2.57. The maximum Gasteiger partial charge on any atom is 0.0167 e. The lowest BCUT2D eigenvalue weighted by molar-refractivity contribution is 0.155. The molecule has 2 unspecified atom stereocenters. The van der Waals surface area contributed by atoms with Gasteiger partial charge in [-0.3, -0.25) is 4.90 Å². The van der Waals surface area contributed by atoms with Crippen molar-refractivity contribution in [2.75, 3.05) is 19.6 Å². The van der Waals surface area contributed by atoms with E-state index in [1.807, 2.05) is 0 Å². The summed E-state index contributed by atoms with van der Waals surface area (Å²) in [6.07, 6.45) is 1.27. The summed E-state index contributed by atoms with van der Waals surface area (Å²) in [6, 6.07) is 1.44. The highest BCUT2D eigenvalue weighted by Gasteiger charge is 2.18. The lowest BCUT2D eigenvalue weighted by atomic mass is 10.1. The standard InChI is InChI=1S/C9H20N2/c1-4-9(3)11-6-5-10-8(2)7-11/h8-10H,4-7H2,1-3H3. The Morgan fingerprint density at radius 1 is 1.64 bits per heavy atom. The first-order chi connectivity index (χ1) is 5.24. The van der Waals surface area contributed by atoms with Crippen LogP contribution < -0.4 is 5.32 Å². The van der Waals surface area contributed by atoms with Crippen LogP contribution in [0.25, 0.3) is 0 Å². The molecule has 0 aliphatic carbocycles. The molecule has 1 aliphatic rings. The van der Waals surface area contributed by atoms with Gasteiger partial charge in [-0.25, -0.2) is 0 Å². The molecular formula is C9H20N2. The predicted molar refractivity (Wildman–Crippen MR) is 48.8 cm³/mol. The Morgan fingerprint density at radius 2 is 2.36 bits per heavy atom. The summed E-state index contributed by atoms with van der Waals surface area (Å²) in [5.74, 6) is 0. The molecule has 1 N–H and O–H groups in total. The molecule has 0 bridgehead atoms. The van der Waals surface area contributed by atoms with Gasteiger partial charge >= 0.3 is 0 Å². The third kappa shape index (κ3) is 2.46. The van der Waals surface area contributed by atoms with E-state index >= 15 is 0 Å². The van der Waals surface area contributed by atoms with Crippen LogP contribution in [0.1, 0.15) is 27.2 Å². The van der Waals surface area contributed by atoms with Crippen molar-refractivity contribution in [3.05, 3.63) is 0 Å². The van der Waals surface area contributed by atoms with Crippen molar-refractivity contribution >= 4 is 0 Å². The molecule has 0 spiro atoms. The topological polar surface area (TPSA) is 15.3 Å². The maximum absolute atomic E-state index is 3.45. The molecule has 2 heteroatoms. The Hall–Kier alpha value is -0.0800. The van der Waals surface area contributed by atoms with E-state index < -0.39 is 0 Å². The quantitative estimate of drug-likeness (QED) is 0.643. The van der Waals surface area contributed by atoms with Gasteiger partial charge < -0.3 is 5.32 Å². The first-order valence-corrected chi connectivity index (χ1v) is 4.71. The van der Waals surface area contributed by atoms with Crippen LogP contribution in [0.15, 0.2) is 0 Å². The molecule has 1 aliphatic heterocycles. The van der Waals surface area contributed by atoms with Gasteiger partial charge in [0, 0.05) is 31.7 Å². The molecule has 1 heterocycles. The highest BCUT2D eigenvalue weighted by molar-refractivity contribution is 4.77. The Bertz CT molecular complexity index is 114. The average Bonchev–Trinajstić information content (AvgIpc) is 2.03. The van der Waals surface area contributed by atoms with Crippen molar-refractivity contribution < 1.29 is 0 Å². The van der Waals surface area contributed by atoms with Gasteiger partial charge in [-0.05, 0) is 20.3 Å². The van der Waals surface area contributed by atoms with Crippen LogP contribution in [0.4, 0.5) is 0 Å². The van der Waals surface area contributed by atoms with Crippen LogP contribution in [0.5, 0.6) is 0 Å². The van der Waals surface area contributed by atoms with E-state index in [4.69, 9.17) is 0 Å². The van der Waals surface area contributed by atoms with Crippen molar-refractivity contribution in [2.24, 2.45) is 0 Å². The van der Waals surface area contributed by atoms with Crippen LogP contribution >= 0.6 is 0 Å². The van der Waals surface area contributed by atoms with E-state index in [0.717, 1.165) is 12.6 Å². The SMILES string of the molecule is CCC(C)N1CCNC(C)C1. The van der Waals surface area contributed by atoms with Crippen molar-refractivity contribution in [1.82, 2.24) is 10.2 Å². The minimum absolute atomic E-state index is 0.678. The number of nitrogens with zero attached hydrogens (tertiary/aromatic N) is 1. The second-order valence-corrected chi connectivity index (χ2v) is 3.61. The predicted octanol–water partition coefficient (Wildman–Crippen LogP) is 1.08. The zero-order valence-electron chi connectivity index (χ0n) is 7.93. The minimum Gasteiger partial charge on any atom is -0.312 e. The Balaban J connectivity index is 2.33. The van der Waals surface area contributed by atoms with Gasteiger partial charge in [-0.15, -0.1) is 0 Å². The molecule has 0 radical (unpaired) electrons. The second-order valence-electron chi connectivity index (χ2n) is 3.61.